The van der Waals surface area contributed by atoms with Crippen molar-refractivity contribution in [2.75, 3.05) is 7.11 Å². The molecule has 0 radical (unpaired) electrons. The monoisotopic (exact) mass is 506 g/mol. The van der Waals surface area contributed by atoms with Gasteiger partial charge in [-0.05, 0) is 54.9 Å². The molecule has 2 aromatic carbocycles. The van der Waals surface area contributed by atoms with Crippen LogP contribution in [0.5, 0.6) is 11.5 Å². The van der Waals surface area contributed by atoms with Crippen LogP contribution >= 0.6 is 8.38 Å². The van der Waals surface area contributed by atoms with Gasteiger partial charge in [0.2, 0.25) is 8.38 Å². The third kappa shape index (κ3) is 6.24. The molecule has 3 unspecified atom stereocenters. The predicted molar refractivity (Wildman–Crippen MR) is 152 cm³/mol. The fourth-order valence-corrected chi connectivity index (χ4v) is 6.67. The first kappa shape index (κ1) is 27.0. The fourth-order valence-electron chi connectivity index (χ4n) is 5.53. The quantitative estimate of drug-likeness (QED) is 0.172. The van der Waals surface area contributed by atoms with E-state index in [1.54, 1.807) is 7.11 Å². The molecule has 0 amide bonds. The highest BCUT2D eigenvalue weighted by atomic mass is 31.2. The summed E-state index contributed by atoms with van der Waals surface area (Å²) in [4.78, 5) is 0. The van der Waals surface area contributed by atoms with Gasteiger partial charge in [-0.1, -0.05) is 95.0 Å². The maximum Gasteiger partial charge on any atom is 0.234 e. The highest BCUT2D eigenvalue weighted by molar-refractivity contribution is 7.46. The maximum absolute atomic E-state index is 6.77. The minimum atomic E-state index is -1.14. The summed E-state index contributed by atoms with van der Waals surface area (Å²) in [5.41, 5.74) is 5.11. The topological polar surface area (TPSA) is 27.7 Å². The zero-order chi connectivity index (χ0) is 25.7. The second-order valence-corrected chi connectivity index (χ2v) is 12.6. The van der Waals surface area contributed by atoms with E-state index in [0.717, 1.165) is 48.2 Å². The number of hydrogen-bond donors (Lipinski definition) is 0. The van der Waals surface area contributed by atoms with Gasteiger partial charge in [-0.25, -0.2) is 0 Å². The molecule has 4 rings (SSSR count). The molecule has 0 spiro atoms. The third-order valence-electron chi connectivity index (χ3n) is 7.83. The molecule has 3 atom stereocenters. The molecule has 0 fully saturated rings. The molecule has 3 nitrogen and oxygen atoms in total. The number of ether oxygens (including phenoxy) is 1. The molecule has 1 heterocycles. The number of rotatable bonds is 11. The van der Waals surface area contributed by atoms with Crippen LogP contribution in [0.3, 0.4) is 0 Å². The molecule has 4 heteroatoms. The molecule has 2 aromatic rings. The summed E-state index contributed by atoms with van der Waals surface area (Å²) in [6, 6.07) is 15.0. The van der Waals surface area contributed by atoms with Crippen LogP contribution < -0.4 is 9.26 Å². The van der Waals surface area contributed by atoms with Gasteiger partial charge in [-0.2, -0.15) is 0 Å². The highest BCUT2D eigenvalue weighted by Gasteiger charge is 2.39. The average molecular weight is 507 g/mol. The third-order valence-corrected chi connectivity index (χ3v) is 9.27. The number of allylic oxidation sites excluding steroid dienone is 3. The van der Waals surface area contributed by atoms with E-state index in [2.05, 4.69) is 76.7 Å². The summed E-state index contributed by atoms with van der Waals surface area (Å²) >= 11 is 0. The molecular formula is C32H43O3P. The van der Waals surface area contributed by atoms with E-state index in [1.165, 1.54) is 42.4 Å². The van der Waals surface area contributed by atoms with E-state index in [0.29, 0.717) is 5.92 Å². The van der Waals surface area contributed by atoms with Crippen LogP contribution in [0.15, 0.2) is 66.5 Å². The minimum absolute atomic E-state index is 0.0238. The molecule has 1 aliphatic carbocycles. The van der Waals surface area contributed by atoms with E-state index in [-0.39, 0.29) is 11.3 Å². The van der Waals surface area contributed by atoms with E-state index >= 15 is 0 Å². The molecule has 0 bridgehead atoms. The maximum atomic E-state index is 6.77. The van der Waals surface area contributed by atoms with Crippen molar-refractivity contribution in [3.63, 3.8) is 0 Å². The zero-order valence-electron chi connectivity index (χ0n) is 22.8. The highest BCUT2D eigenvalue weighted by Crippen LogP contribution is 2.55. The molecule has 0 aromatic heterocycles. The first-order chi connectivity index (χ1) is 17.3. The molecule has 0 saturated heterocycles. The van der Waals surface area contributed by atoms with Crippen molar-refractivity contribution < 1.29 is 13.8 Å². The van der Waals surface area contributed by atoms with Gasteiger partial charge in [0.05, 0.1) is 6.16 Å². The Bertz CT molecular complexity index is 1070. The van der Waals surface area contributed by atoms with E-state index in [4.69, 9.17) is 13.8 Å². The first-order valence-electron chi connectivity index (χ1n) is 13.6. The first-order valence-corrected chi connectivity index (χ1v) is 14.9. The van der Waals surface area contributed by atoms with Crippen LogP contribution in [0.4, 0.5) is 0 Å². The molecular weight excluding hydrogens is 463 g/mol. The van der Waals surface area contributed by atoms with Crippen molar-refractivity contribution in [3.05, 3.63) is 83.1 Å². The van der Waals surface area contributed by atoms with E-state index in [9.17, 15) is 0 Å². The SMILES string of the molecule is C=C1Oc2cc(C(C)(C)CCCCCC)cc(OP(Cc3ccccc3)OC)c2C2C=C(C)CCC12. The lowest BCUT2D eigenvalue weighted by Crippen LogP contribution is -2.27. The lowest BCUT2D eigenvalue weighted by molar-refractivity contribution is 0.276. The van der Waals surface area contributed by atoms with Gasteiger partial charge < -0.3 is 13.8 Å². The van der Waals surface area contributed by atoms with Gasteiger partial charge in [0.1, 0.15) is 17.3 Å². The van der Waals surface area contributed by atoms with Crippen LogP contribution in [-0.2, 0) is 16.1 Å². The van der Waals surface area contributed by atoms with Crippen LogP contribution in [-0.4, -0.2) is 7.11 Å². The lowest BCUT2D eigenvalue weighted by Gasteiger charge is -2.39. The second-order valence-electron chi connectivity index (χ2n) is 11.1. The summed E-state index contributed by atoms with van der Waals surface area (Å²) in [6.07, 6.45) is 11.5. The van der Waals surface area contributed by atoms with Crippen molar-refractivity contribution >= 4 is 8.38 Å². The van der Waals surface area contributed by atoms with Crippen LogP contribution in [0.2, 0.25) is 0 Å². The minimum Gasteiger partial charge on any atom is -0.462 e. The Hall–Kier alpha value is -2.09. The standard InChI is InChI=1S/C32H43O3P/c1-7-8-9-13-18-32(4,5)26-20-29-31(28-19-23(2)16-17-27(28)24(3)34-29)30(21-26)35-36(33-6)22-25-14-11-10-12-15-25/h10-12,14-15,19-21,27-28H,3,7-9,13,16-18,22H2,1-2,4-6H3. The Labute approximate surface area is 219 Å². The van der Waals surface area contributed by atoms with Gasteiger partial charge in [0, 0.05) is 24.5 Å². The smallest absolute Gasteiger partial charge is 0.234 e. The Morgan fingerprint density at radius 1 is 1.11 bits per heavy atom. The normalized spacial score (nSPS) is 20.1. The van der Waals surface area contributed by atoms with Gasteiger partial charge in [-0.3, -0.25) is 0 Å². The molecule has 2 aliphatic rings. The number of fused-ring (bicyclic) bond motifs is 3. The summed E-state index contributed by atoms with van der Waals surface area (Å²) in [5.74, 6) is 3.24. The lowest BCUT2D eigenvalue weighted by atomic mass is 9.73. The molecule has 36 heavy (non-hydrogen) atoms. The fraction of sp³-hybridized carbons (Fsp3) is 0.500. The van der Waals surface area contributed by atoms with Gasteiger partial charge in [0.15, 0.2) is 0 Å². The summed E-state index contributed by atoms with van der Waals surface area (Å²) < 4.78 is 19.1. The molecule has 0 N–H and O–H groups in total. The number of unbranched alkanes of at least 4 members (excludes halogenated alkanes) is 3. The Morgan fingerprint density at radius 3 is 2.61 bits per heavy atom. The van der Waals surface area contributed by atoms with Crippen molar-refractivity contribution in [2.24, 2.45) is 5.92 Å². The van der Waals surface area contributed by atoms with Crippen LogP contribution in [0.1, 0.15) is 95.2 Å². The number of hydrogen-bond acceptors (Lipinski definition) is 3. The van der Waals surface area contributed by atoms with Crippen molar-refractivity contribution in [1.29, 1.82) is 0 Å². The van der Waals surface area contributed by atoms with Crippen molar-refractivity contribution in [1.82, 2.24) is 0 Å². The van der Waals surface area contributed by atoms with Gasteiger partial charge >= 0.3 is 0 Å². The molecule has 1 aliphatic heterocycles. The van der Waals surface area contributed by atoms with Gasteiger partial charge in [0.25, 0.3) is 0 Å². The molecule has 0 saturated carbocycles. The number of benzene rings is 2. The predicted octanol–water partition coefficient (Wildman–Crippen LogP) is 9.82. The Balaban J connectivity index is 1.72. The van der Waals surface area contributed by atoms with E-state index < -0.39 is 8.38 Å². The Kier molecular flexibility index (Phi) is 8.96. The molecule has 194 valence electrons. The van der Waals surface area contributed by atoms with Crippen LogP contribution in [0, 0.1) is 5.92 Å². The summed E-state index contributed by atoms with van der Waals surface area (Å²) in [6.45, 7) is 13.5. The van der Waals surface area contributed by atoms with Crippen LogP contribution in [0.25, 0.3) is 0 Å². The van der Waals surface area contributed by atoms with Crippen molar-refractivity contribution in [2.45, 2.75) is 90.1 Å². The van der Waals surface area contributed by atoms with Gasteiger partial charge in [-0.15, -0.1) is 0 Å². The largest absolute Gasteiger partial charge is 0.462 e. The van der Waals surface area contributed by atoms with E-state index in [1.807, 2.05) is 6.07 Å². The summed E-state index contributed by atoms with van der Waals surface area (Å²) in [7, 11) is 0.623. The second kappa shape index (κ2) is 12.0. The summed E-state index contributed by atoms with van der Waals surface area (Å²) in [5, 5.41) is 0. The zero-order valence-corrected chi connectivity index (χ0v) is 23.7. The van der Waals surface area contributed by atoms with Crippen molar-refractivity contribution in [3.8, 4) is 11.5 Å². The Morgan fingerprint density at radius 2 is 1.89 bits per heavy atom. The average Bonchev–Trinajstić information content (AvgIpc) is 2.86.